The van der Waals surface area contributed by atoms with Crippen molar-refractivity contribution in [1.82, 2.24) is 4.57 Å². The molecule has 0 saturated carbocycles. The summed E-state index contributed by atoms with van der Waals surface area (Å²) in [6, 6.07) is 79.5. The summed E-state index contributed by atoms with van der Waals surface area (Å²) >= 11 is 0. The predicted molar refractivity (Wildman–Crippen MR) is 306 cm³/mol. The van der Waals surface area contributed by atoms with Gasteiger partial charge in [0.1, 0.15) is 0 Å². The van der Waals surface area contributed by atoms with Crippen molar-refractivity contribution in [2.45, 2.75) is 53.1 Å². The van der Waals surface area contributed by atoms with E-state index in [0.717, 1.165) is 39.5 Å². The quantitative estimate of drug-likeness (QED) is 0.127. The van der Waals surface area contributed by atoms with Gasteiger partial charge in [-0.25, -0.2) is 0 Å². The maximum absolute atomic E-state index is 2.55. The second-order valence-electron chi connectivity index (χ2n) is 20.8. The summed E-state index contributed by atoms with van der Waals surface area (Å²) < 4.78 is 2.55. The molecule has 0 bridgehead atoms. The summed E-state index contributed by atoms with van der Waals surface area (Å²) in [7, 11) is -3.10. The van der Waals surface area contributed by atoms with Crippen molar-refractivity contribution < 1.29 is 0 Å². The molecule has 0 radical (unpaired) electrons. The molecule has 0 aliphatic carbocycles. The summed E-state index contributed by atoms with van der Waals surface area (Å²) in [5.74, 6) is 0. The van der Waals surface area contributed by atoms with Gasteiger partial charge in [-0.15, -0.1) is 0 Å². The van der Waals surface area contributed by atoms with E-state index in [1.807, 2.05) is 0 Å². The van der Waals surface area contributed by atoms with Crippen LogP contribution in [-0.4, -0.2) is 20.7 Å². The molecule has 11 rings (SSSR count). The van der Waals surface area contributed by atoms with Crippen molar-refractivity contribution in [3.63, 3.8) is 0 Å². The Morgan fingerprint density at radius 1 is 0.333 bits per heavy atom. The van der Waals surface area contributed by atoms with Crippen LogP contribution in [0.25, 0.3) is 60.2 Å². The molecular weight excluding hydrogens is 867 g/mol. The van der Waals surface area contributed by atoms with E-state index in [2.05, 4.69) is 280 Å². The third kappa shape index (κ3) is 7.86. The lowest BCUT2D eigenvalue weighted by atomic mass is 9.96. The molecule has 1 aromatic heterocycles. The van der Waals surface area contributed by atoms with E-state index >= 15 is 0 Å². The van der Waals surface area contributed by atoms with Gasteiger partial charge < -0.3 is 14.4 Å². The van der Waals surface area contributed by atoms with Gasteiger partial charge in [-0.2, -0.15) is 0 Å². The van der Waals surface area contributed by atoms with Crippen molar-refractivity contribution >= 4 is 104 Å². The minimum absolute atomic E-state index is 1.11. The van der Waals surface area contributed by atoms with Crippen LogP contribution in [0.4, 0.5) is 34.1 Å². The minimum atomic E-state index is -1.55. The molecule has 69 heavy (non-hydrogen) atoms. The molecule has 0 aliphatic rings. The zero-order valence-electron chi connectivity index (χ0n) is 41.0. The van der Waals surface area contributed by atoms with Crippen LogP contribution in [0.5, 0.6) is 0 Å². The Labute approximate surface area is 409 Å². The molecular formula is C64H59N3Si2. The Bertz CT molecular complexity index is 3500. The van der Waals surface area contributed by atoms with Crippen LogP contribution in [-0.2, 0) is 0 Å². The van der Waals surface area contributed by atoms with E-state index < -0.39 is 16.1 Å². The first-order chi connectivity index (χ1) is 33.3. The maximum Gasteiger partial charge on any atom is 0.0775 e. The molecule has 1 heterocycles. The van der Waals surface area contributed by atoms with Gasteiger partial charge in [0.25, 0.3) is 0 Å². The molecule has 0 aliphatic heterocycles. The lowest BCUT2D eigenvalue weighted by molar-refractivity contribution is 1.17. The van der Waals surface area contributed by atoms with Crippen LogP contribution in [0.15, 0.2) is 212 Å². The molecule has 0 N–H and O–H groups in total. The largest absolute Gasteiger partial charge is 0.310 e. The molecule has 0 saturated heterocycles. The highest BCUT2D eigenvalue weighted by Gasteiger charge is 2.27. The molecule has 0 unspecified atom stereocenters. The highest BCUT2D eigenvalue weighted by atomic mass is 28.3. The minimum Gasteiger partial charge on any atom is -0.310 e. The molecule has 0 atom stereocenters. The van der Waals surface area contributed by atoms with E-state index in [9.17, 15) is 0 Å². The first-order valence-corrected chi connectivity index (χ1v) is 31.4. The van der Waals surface area contributed by atoms with Crippen LogP contribution in [0.1, 0.15) is 11.1 Å². The van der Waals surface area contributed by atoms with Gasteiger partial charge in [0, 0.05) is 50.0 Å². The zero-order chi connectivity index (χ0) is 47.6. The van der Waals surface area contributed by atoms with E-state index in [0.29, 0.717) is 0 Å². The molecule has 3 nitrogen and oxygen atoms in total. The van der Waals surface area contributed by atoms with Gasteiger partial charge in [0.2, 0.25) is 0 Å². The second-order valence-corrected chi connectivity index (χ2v) is 30.9. The van der Waals surface area contributed by atoms with Crippen LogP contribution < -0.4 is 20.2 Å². The molecule has 0 amide bonds. The molecule has 5 heteroatoms. The van der Waals surface area contributed by atoms with Gasteiger partial charge in [-0.3, -0.25) is 0 Å². The SMILES string of the molecule is Cc1ccccc1N(c1ccc([Si](C)(C)C)cc1)c1cc2c(c3ccccc13)c1c3ccccc3c(N(c3ccc([Si](C)(C)C)cc3)c3ccccc3C)cc1n2-c1cccc(-c2ccccc2)c1. The summed E-state index contributed by atoms with van der Waals surface area (Å²) in [4.78, 5) is 5.00. The topological polar surface area (TPSA) is 11.4 Å². The average Bonchev–Trinajstić information content (AvgIpc) is 3.70. The second kappa shape index (κ2) is 17.3. The lowest BCUT2D eigenvalue weighted by Crippen LogP contribution is -2.37. The highest BCUT2D eigenvalue weighted by molar-refractivity contribution is 6.89. The fraction of sp³-hybridized carbons (Fsp3) is 0.125. The Morgan fingerprint density at radius 3 is 1.16 bits per heavy atom. The van der Waals surface area contributed by atoms with Gasteiger partial charge in [-0.1, -0.05) is 201 Å². The number of nitrogens with zero attached hydrogens (tertiary/aromatic N) is 3. The standard InChI is InChI=1S/C64H59N3Si2/c1-44-21-12-18-31-57(44)65(48-33-37-51(38-34-48)68(3,4)5)59-42-61-63(55-29-16-14-27-53(55)59)64-56-30-17-15-28-54(56)60(43-62(64)67(61)50-26-20-25-47(41-50)46-23-10-9-11-24-46)66(58-32-19-13-22-45(58)2)49-35-39-52(40-36-49)69(6,7)8/h9-43H,1-8H3. The molecule has 0 fully saturated rings. The summed E-state index contributed by atoms with van der Waals surface area (Å²) in [5.41, 5.74) is 15.1. The predicted octanol–water partition coefficient (Wildman–Crippen LogP) is 17.4. The third-order valence-electron chi connectivity index (χ3n) is 14.1. The third-order valence-corrected chi connectivity index (χ3v) is 18.3. The summed E-state index contributed by atoms with van der Waals surface area (Å²) in [6.07, 6.45) is 0. The van der Waals surface area contributed by atoms with E-state index in [1.165, 1.54) is 76.3 Å². The smallest absolute Gasteiger partial charge is 0.0775 e. The van der Waals surface area contributed by atoms with E-state index in [-0.39, 0.29) is 0 Å². The Kier molecular flexibility index (Phi) is 11.0. The van der Waals surface area contributed by atoms with Gasteiger partial charge >= 0.3 is 0 Å². The summed E-state index contributed by atoms with van der Waals surface area (Å²) in [6.45, 7) is 19.0. The molecule has 338 valence electrons. The fourth-order valence-corrected chi connectivity index (χ4v) is 12.8. The van der Waals surface area contributed by atoms with Crippen molar-refractivity contribution in [1.29, 1.82) is 0 Å². The Balaban J connectivity index is 1.29. The van der Waals surface area contributed by atoms with Crippen molar-refractivity contribution in [3.05, 3.63) is 223 Å². The Hall–Kier alpha value is -7.45. The number of fused-ring (bicyclic) bond motifs is 7. The first-order valence-electron chi connectivity index (χ1n) is 24.4. The molecule has 10 aromatic carbocycles. The van der Waals surface area contributed by atoms with Gasteiger partial charge in [-0.05, 0) is 108 Å². The Morgan fingerprint density at radius 2 is 0.725 bits per heavy atom. The van der Waals surface area contributed by atoms with Crippen molar-refractivity contribution in [2.24, 2.45) is 0 Å². The van der Waals surface area contributed by atoms with Crippen LogP contribution in [0.3, 0.4) is 0 Å². The normalized spacial score (nSPS) is 12.1. The summed E-state index contributed by atoms with van der Waals surface area (Å²) in [5, 5.41) is 10.2. The number of benzene rings is 10. The van der Waals surface area contributed by atoms with Crippen LogP contribution in [0, 0.1) is 13.8 Å². The maximum atomic E-state index is 2.55. The van der Waals surface area contributed by atoms with E-state index in [4.69, 9.17) is 0 Å². The first kappa shape index (κ1) is 44.1. The van der Waals surface area contributed by atoms with Crippen molar-refractivity contribution in [2.75, 3.05) is 9.80 Å². The number of para-hydroxylation sites is 2. The van der Waals surface area contributed by atoms with E-state index in [1.54, 1.807) is 0 Å². The number of aromatic nitrogens is 1. The van der Waals surface area contributed by atoms with Crippen LogP contribution >= 0.6 is 0 Å². The monoisotopic (exact) mass is 925 g/mol. The fourth-order valence-electron chi connectivity index (χ4n) is 10.5. The molecule has 11 aromatic rings. The van der Waals surface area contributed by atoms with Crippen molar-refractivity contribution in [3.8, 4) is 16.8 Å². The number of anilines is 6. The van der Waals surface area contributed by atoms with Gasteiger partial charge in [0.05, 0.1) is 38.6 Å². The van der Waals surface area contributed by atoms with Crippen LogP contribution in [0.2, 0.25) is 39.3 Å². The zero-order valence-corrected chi connectivity index (χ0v) is 43.0. The number of rotatable bonds is 10. The number of aryl methyl sites for hydroxylation is 2. The van der Waals surface area contributed by atoms with Gasteiger partial charge in [0.15, 0.2) is 0 Å². The number of hydrogen-bond donors (Lipinski definition) is 0. The number of hydrogen-bond acceptors (Lipinski definition) is 2. The lowest BCUT2D eigenvalue weighted by Gasteiger charge is -2.29. The highest BCUT2D eigenvalue weighted by Crippen LogP contribution is 2.50. The molecule has 0 spiro atoms. The average molecular weight is 926 g/mol.